The number of amides is 1. The number of methoxy groups -OCH3 is 1. The van der Waals surface area contributed by atoms with E-state index >= 15 is 4.39 Å². The van der Waals surface area contributed by atoms with Crippen LogP contribution in [0.5, 0.6) is 0 Å². The highest BCUT2D eigenvalue weighted by atomic mass is 35.5. The van der Waals surface area contributed by atoms with Crippen LogP contribution in [-0.2, 0) is 20.7 Å². The molecule has 210 valence electrons. The van der Waals surface area contributed by atoms with Crippen molar-refractivity contribution in [2.45, 2.75) is 38.0 Å². The first-order chi connectivity index (χ1) is 19.7. The molecule has 1 amide bonds. The Morgan fingerprint density at radius 2 is 1.80 bits per heavy atom. The standard InChI is InChI=1S/C32H26ClF3N2O3/c1-41-30(40)15-18-6-9-22-23-16-19(7-11-25(23)34)21(4-2-3-5-29(39)38-28(22)14-18)27-13-8-20(17-37-27)31-26(35)12-10-24(33)32(31)36/h6-14,16-17,21H,2-5,15H2,1H3,(H,38,39). The van der Waals surface area contributed by atoms with Gasteiger partial charge in [-0.15, -0.1) is 0 Å². The third kappa shape index (κ3) is 6.12. The summed E-state index contributed by atoms with van der Waals surface area (Å²) in [7, 11) is 1.30. The van der Waals surface area contributed by atoms with Gasteiger partial charge in [-0.05, 0) is 60.4 Å². The molecule has 1 N–H and O–H groups in total. The smallest absolute Gasteiger partial charge is 0.309 e. The first-order valence-electron chi connectivity index (χ1n) is 13.1. The van der Waals surface area contributed by atoms with E-state index in [9.17, 15) is 18.4 Å². The number of aromatic nitrogens is 1. The van der Waals surface area contributed by atoms with Crippen LogP contribution >= 0.6 is 11.6 Å². The predicted molar refractivity (Wildman–Crippen MR) is 151 cm³/mol. The lowest BCUT2D eigenvalue weighted by Gasteiger charge is -2.21. The summed E-state index contributed by atoms with van der Waals surface area (Å²) in [6.45, 7) is 0. The van der Waals surface area contributed by atoms with Gasteiger partial charge < -0.3 is 10.1 Å². The molecular weight excluding hydrogens is 553 g/mol. The lowest BCUT2D eigenvalue weighted by molar-refractivity contribution is -0.139. The molecule has 0 saturated carbocycles. The van der Waals surface area contributed by atoms with Crippen molar-refractivity contribution in [3.8, 4) is 22.3 Å². The van der Waals surface area contributed by atoms with Crippen LogP contribution in [0.2, 0.25) is 5.02 Å². The number of carbonyl (C=O) groups excluding carboxylic acids is 2. The Morgan fingerprint density at radius 1 is 1.00 bits per heavy atom. The van der Waals surface area contributed by atoms with E-state index in [1.54, 1.807) is 42.5 Å². The average molecular weight is 579 g/mol. The maximum atomic E-state index is 15.3. The van der Waals surface area contributed by atoms with Crippen LogP contribution in [0.3, 0.4) is 0 Å². The quantitative estimate of drug-likeness (QED) is 0.198. The van der Waals surface area contributed by atoms with E-state index in [0.29, 0.717) is 41.8 Å². The first-order valence-corrected chi connectivity index (χ1v) is 13.5. The SMILES string of the molecule is COC(=O)Cc1ccc2c(c1)NC(=O)CCCCC(c1ccc(-c3c(F)ccc(Cl)c3F)cn1)c1ccc(F)c-2c1. The van der Waals surface area contributed by atoms with Gasteiger partial charge in [-0.25, -0.2) is 13.2 Å². The van der Waals surface area contributed by atoms with Crippen LogP contribution in [0, 0.1) is 17.5 Å². The molecule has 1 aliphatic heterocycles. The van der Waals surface area contributed by atoms with E-state index < -0.39 is 23.4 Å². The molecule has 0 saturated heterocycles. The number of fused-ring (bicyclic) bond motifs is 4. The molecule has 2 bridgehead atoms. The van der Waals surface area contributed by atoms with Crippen molar-refractivity contribution < 1.29 is 27.5 Å². The molecule has 1 atom stereocenters. The number of pyridine rings is 1. The van der Waals surface area contributed by atoms with Gasteiger partial charge in [0.2, 0.25) is 5.91 Å². The van der Waals surface area contributed by atoms with Crippen molar-refractivity contribution >= 4 is 29.2 Å². The van der Waals surface area contributed by atoms with Crippen LogP contribution in [0.25, 0.3) is 22.3 Å². The Morgan fingerprint density at radius 3 is 2.56 bits per heavy atom. The van der Waals surface area contributed by atoms with Crippen LogP contribution in [0.4, 0.5) is 18.9 Å². The zero-order valence-corrected chi connectivity index (χ0v) is 22.9. The molecule has 41 heavy (non-hydrogen) atoms. The minimum Gasteiger partial charge on any atom is -0.469 e. The Labute approximate surface area is 240 Å². The fourth-order valence-electron chi connectivity index (χ4n) is 5.13. The number of ether oxygens (including phenoxy) is 1. The second-order valence-corrected chi connectivity index (χ2v) is 10.3. The molecule has 5 nitrogen and oxygen atoms in total. The van der Waals surface area contributed by atoms with E-state index in [0.717, 1.165) is 17.7 Å². The first kappa shape index (κ1) is 28.4. The molecule has 5 rings (SSSR count). The number of carbonyl (C=O) groups is 2. The molecule has 1 aromatic heterocycles. The molecule has 9 heteroatoms. The topological polar surface area (TPSA) is 68.3 Å². The molecule has 4 aromatic rings. The molecule has 0 spiro atoms. The van der Waals surface area contributed by atoms with E-state index in [2.05, 4.69) is 10.3 Å². The highest BCUT2D eigenvalue weighted by Gasteiger charge is 2.22. The second kappa shape index (κ2) is 12.1. The third-order valence-corrected chi connectivity index (χ3v) is 7.53. The monoisotopic (exact) mass is 578 g/mol. The van der Waals surface area contributed by atoms with Gasteiger partial charge in [0.1, 0.15) is 11.6 Å². The number of hydrogen-bond donors (Lipinski definition) is 1. The molecule has 1 aliphatic rings. The normalized spacial score (nSPS) is 15.2. The van der Waals surface area contributed by atoms with Crippen LogP contribution < -0.4 is 5.32 Å². The summed E-state index contributed by atoms with van der Waals surface area (Å²) in [5, 5.41) is 2.69. The second-order valence-electron chi connectivity index (χ2n) is 9.91. The van der Waals surface area contributed by atoms with Gasteiger partial charge in [0.15, 0.2) is 5.82 Å². The maximum absolute atomic E-state index is 15.3. The third-order valence-electron chi connectivity index (χ3n) is 7.24. The van der Waals surface area contributed by atoms with Gasteiger partial charge in [-0.1, -0.05) is 42.3 Å². The Balaban J connectivity index is 1.56. The number of hydrogen-bond acceptors (Lipinski definition) is 4. The minimum absolute atomic E-state index is 0.00883. The van der Waals surface area contributed by atoms with Crippen LogP contribution in [0.1, 0.15) is 48.4 Å². The van der Waals surface area contributed by atoms with Crippen molar-refractivity contribution in [1.29, 1.82) is 0 Å². The number of anilines is 1. The van der Waals surface area contributed by atoms with Gasteiger partial charge in [0.05, 0.1) is 24.1 Å². The Kier molecular flexibility index (Phi) is 8.40. The lowest BCUT2D eigenvalue weighted by atomic mass is 9.87. The fraction of sp³-hybridized carbons (Fsp3) is 0.219. The summed E-state index contributed by atoms with van der Waals surface area (Å²) in [5.41, 5.74) is 3.21. The molecule has 3 aromatic carbocycles. The average Bonchev–Trinajstić information content (AvgIpc) is 2.96. The van der Waals surface area contributed by atoms with E-state index in [1.807, 2.05) is 0 Å². The predicted octanol–water partition coefficient (Wildman–Crippen LogP) is 7.85. The van der Waals surface area contributed by atoms with E-state index in [-0.39, 0.29) is 46.4 Å². The number of rotatable bonds is 4. The number of nitrogens with zero attached hydrogens (tertiary/aromatic N) is 1. The van der Waals surface area contributed by atoms with E-state index in [4.69, 9.17) is 16.3 Å². The van der Waals surface area contributed by atoms with Crippen molar-refractivity contribution in [2.24, 2.45) is 0 Å². The summed E-state index contributed by atoms with van der Waals surface area (Å²) < 4.78 is 49.1. The van der Waals surface area contributed by atoms with E-state index in [1.165, 1.54) is 19.4 Å². The number of benzene rings is 3. The summed E-state index contributed by atoms with van der Waals surface area (Å²) in [6.07, 6.45) is 3.57. The summed E-state index contributed by atoms with van der Waals surface area (Å²) in [4.78, 5) is 29.2. The van der Waals surface area contributed by atoms with Gasteiger partial charge in [0.25, 0.3) is 0 Å². The number of halogens is 4. The number of esters is 1. The lowest BCUT2D eigenvalue weighted by Crippen LogP contribution is -2.14. The zero-order chi connectivity index (χ0) is 29.1. The highest BCUT2D eigenvalue weighted by Crippen LogP contribution is 2.38. The highest BCUT2D eigenvalue weighted by molar-refractivity contribution is 6.31. The van der Waals surface area contributed by atoms with Crippen LogP contribution in [0.15, 0.2) is 66.9 Å². The van der Waals surface area contributed by atoms with Crippen LogP contribution in [-0.4, -0.2) is 24.0 Å². The van der Waals surface area contributed by atoms with Crippen molar-refractivity contribution in [3.63, 3.8) is 0 Å². The van der Waals surface area contributed by atoms with Crippen molar-refractivity contribution in [1.82, 2.24) is 4.98 Å². The molecule has 0 radical (unpaired) electrons. The summed E-state index contributed by atoms with van der Waals surface area (Å²) in [5.74, 6) is -3.00. The fourth-order valence-corrected chi connectivity index (χ4v) is 5.29. The Hall–Kier alpha value is -4.17. The molecule has 0 aliphatic carbocycles. The summed E-state index contributed by atoms with van der Waals surface area (Å²) >= 11 is 5.87. The molecule has 0 fully saturated rings. The van der Waals surface area contributed by atoms with Gasteiger partial charge >= 0.3 is 5.97 Å². The van der Waals surface area contributed by atoms with Gasteiger partial charge in [-0.3, -0.25) is 14.6 Å². The minimum atomic E-state index is -0.859. The maximum Gasteiger partial charge on any atom is 0.309 e. The van der Waals surface area contributed by atoms with Gasteiger partial charge in [0, 0.05) is 46.6 Å². The zero-order valence-electron chi connectivity index (χ0n) is 22.1. The largest absolute Gasteiger partial charge is 0.469 e. The Bertz CT molecular complexity index is 1630. The van der Waals surface area contributed by atoms with Gasteiger partial charge in [-0.2, -0.15) is 0 Å². The van der Waals surface area contributed by atoms with Crippen molar-refractivity contribution in [2.75, 3.05) is 12.4 Å². The molecule has 1 unspecified atom stereocenters. The van der Waals surface area contributed by atoms with Crippen molar-refractivity contribution in [3.05, 3.63) is 106 Å². The number of nitrogens with one attached hydrogen (secondary N) is 1. The summed E-state index contributed by atoms with van der Waals surface area (Å²) in [6, 6.07) is 15.4. The molecular formula is C32H26ClF3N2O3. The molecule has 2 heterocycles.